The lowest BCUT2D eigenvalue weighted by atomic mass is 10.1. The minimum Gasteiger partial charge on any atom is -0.497 e. The lowest BCUT2D eigenvalue weighted by molar-refractivity contribution is 0.102. The quantitative estimate of drug-likeness (QED) is 0.767. The van der Waals surface area contributed by atoms with Gasteiger partial charge >= 0.3 is 0 Å². The number of methoxy groups -OCH3 is 2. The van der Waals surface area contributed by atoms with Crippen LogP contribution in [0.5, 0.6) is 11.5 Å². The SMILES string of the molecule is COc1ccc(OC)c(NC(=O)c2ccc(CS(=O)(=O)N3CCCC3)cc2)c1. The number of nitrogens with one attached hydrogen (secondary N) is 1. The van der Waals surface area contributed by atoms with Gasteiger partial charge in [-0.05, 0) is 42.7 Å². The van der Waals surface area contributed by atoms with Crippen molar-refractivity contribution in [2.75, 3.05) is 32.6 Å². The van der Waals surface area contributed by atoms with Crippen molar-refractivity contribution in [2.45, 2.75) is 18.6 Å². The van der Waals surface area contributed by atoms with E-state index in [0.717, 1.165) is 12.8 Å². The van der Waals surface area contributed by atoms with Crippen molar-refractivity contribution in [1.29, 1.82) is 0 Å². The van der Waals surface area contributed by atoms with E-state index in [2.05, 4.69) is 5.32 Å². The van der Waals surface area contributed by atoms with Crippen molar-refractivity contribution >= 4 is 21.6 Å². The summed E-state index contributed by atoms with van der Waals surface area (Å²) in [5.41, 5.74) is 1.57. The Bertz CT molecular complexity index is 936. The molecule has 1 aliphatic rings. The smallest absolute Gasteiger partial charge is 0.255 e. The van der Waals surface area contributed by atoms with Crippen LogP contribution in [0.25, 0.3) is 0 Å². The third-order valence-corrected chi connectivity index (χ3v) is 6.53. The molecule has 0 unspecified atom stereocenters. The van der Waals surface area contributed by atoms with Gasteiger partial charge in [0.2, 0.25) is 10.0 Å². The minimum atomic E-state index is -3.31. The minimum absolute atomic E-state index is 0.0569. The summed E-state index contributed by atoms with van der Waals surface area (Å²) >= 11 is 0. The molecular formula is C20H24N2O5S. The number of rotatable bonds is 7. The molecule has 1 N–H and O–H groups in total. The maximum atomic E-state index is 12.6. The zero-order valence-electron chi connectivity index (χ0n) is 16.0. The second-order valence-electron chi connectivity index (χ2n) is 6.58. The first-order valence-corrected chi connectivity index (χ1v) is 10.6. The van der Waals surface area contributed by atoms with Gasteiger partial charge in [-0.15, -0.1) is 0 Å². The highest BCUT2D eigenvalue weighted by molar-refractivity contribution is 7.88. The summed E-state index contributed by atoms with van der Waals surface area (Å²) < 4.78 is 36.8. The number of benzene rings is 2. The Morgan fingerprint density at radius 3 is 2.32 bits per heavy atom. The summed E-state index contributed by atoms with van der Waals surface area (Å²) in [5.74, 6) is 0.736. The van der Waals surface area contributed by atoms with Gasteiger partial charge in [0.25, 0.3) is 5.91 Å². The average Bonchev–Trinajstić information content (AvgIpc) is 3.24. The summed E-state index contributed by atoms with van der Waals surface area (Å²) in [7, 11) is -0.244. The first kappa shape index (κ1) is 20.2. The Hall–Kier alpha value is -2.58. The van der Waals surface area contributed by atoms with Crippen molar-refractivity contribution in [3.05, 3.63) is 53.6 Å². The predicted molar refractivity (Wildman–Crippen MR) is 107 cm³/mol. The van der Waals surface area contributed by atoms with Crippen molar-refractivity contribution in [3.63, 3.8) is 0 Å². The lowest BCUT2D eigenvalue weighted by Crippen LogP contribution is -2.29. The molecule has 1 fully saturated rings. The maximum Gasteiger partial charge on any atom is 0.255 e. The number of hydrogen-bond acceptors (Lipinski definition) is 5. The highest BCUT2D eigenvalue weighted by Crippen LogP contribution is 2.29. The molecule has 0 radical (unpaired) electrons. The molecule has 3 rings (SSSR count). The summed E-state index contributed by atoms with van der Waals surface area (Å²) in [6, 6.07) is 11.7. The number of nitrogens with zero attached hydrogens (tertiary/aromatic N) is 1. The molecule has 0 bridgehead atoms. The van der Waals surface area contributed by atoms with Crippen LogP contribution >= 0.6 is 0 Å². The van der Waals surface area contributed by atoms with Crippen molar-refractivity contribution in [3.8, 4) is 11.5 Å². The summed E-state index contributed by atoms with van der Waals surface area (Å²) in [6.45, 7) is 1.18. The Kier molecular flexibility index (Phi) is 6.21. The van der Waals surface area contributed by atoms with Crippen LogP contribution in [0.4, 0.5) is 5.69 Å². The van der Waals surface area contributed by atoms with Crippen LogP contribution in [0.15, 0.2) is 42.5 Å². The number of anilines is 1. The van der Waals surface area contributed by atoms with Gasteiger partial charge in [0, 0.05) is 24.7 Å². The van der Waals surface area contributed by atoms with E-state index in [1.807, 2.05) is 0 Å². The van der Waals surface area contributed by atoms with E-state index in [1.54, 1.807) is 49.6 Å². The van der Waals surface area contributed by atoms with Crippen molar-refractivity contribution in [1.82, 2.24) is 4.31 Å². The molecule has 0 saturated carbocycles. The molecule has 2 aromatic rings. The fourth-order valence-electron chi connectivity index (χ4n) is 3.13. The molecule has 0 aliphatic carbocycles. The third-order valence-electron chi connectivity index (χ3n) is 4.68. The van der Waals surface area contributed by atoms with E-state index in [0.29, 0.717) is 41.4 Å². The number of ether oxygens (including phenoxy) is 2. The third kappa shape index (κ3) is 4.63. The van der Waals surface area contributed by atoms with Gasteiger partial charge in [-0.2, -0.15) is 0 Å². The van der Waals surface area contributed by atoms with Crippen molar-refractivity contribution in [2.24, 2.45) is 0 Å². The Morgan fingerprint density at radius 1 is 1.04 bits per heavy atom. The summed E-state index contributed by atoms with van der Waals surface area (Å²) in [6.07, 6.45) is 1.82. The van der Waals surface area contributed by atoms with E-state index < -0.39 is 10.0 Å². The molecule has 28 heavy (non-hydrogen) atoms. The second kappa shape index (κ2) is 8.62. The monoisotopic (exact) mass is 404 g/mol. The second-order valence-corrected chi connectivity index (χ2v) is 8.55. The van der Waals surface area contributed by atoms with Crippen LogP contribution < -0.4 is 14.8 Å². The van der Waals surface area contributed by atoms with E-state index >= 15 is 0 Å². The molecule has 8 heteroatoms. The first-order chi connectivity index (χ1) is 13.4. The van der Waals surface area contributed by atoms with Crippen LogP contribution in [0.3, 0.4) is 0 Å². The Balaban J connectivity index is 1.70. The van der Waals surface area contributed by atoms with Gasteiger partial charge in [0.15, 0.2) is 0 Å². The molecule has 0 atom stereocenters. The van der Waals surface area contributed by atoms with Crippen LogP contribution in [-0.2, 0) is 15.8 Å². The van der Waals surface area contributed by atoms with E-state index in [4.69, 9.17) is 9.47 Å². The summed E-state index contributed by atoms with van der Waals surface area (Å²) in [5, 5.41) is 2.79. The largest absolute Gasteiger partial charge is 0.497 e. The Morgan fingerprint density at radius 2 is 1.71 bits per heavy atom. The molecule has 1 saturated heterocycles. The molecule has 1 heterocycles. The first-order valence-electron chi connectivity index (χ1n) is 9.03. The van der Waals surface area contributed by atoms with Gasteiger partial charge in [0.1, 0.15) is 11.5 Å². The number of amides is 1. The van der Waals surface area contributed by atoms with Crippen molar-refractivity contribution < 1.29 is 22.7 Å². The molecule has 150 valence electrons. The van der Waals surface area contributed by atoms with Gasteiger partial charge in [0.05, 0.1) is 25.7 Å². The molecule has 0 aromatic heterocycles. The average molecular weight is 404 g/mol. The van der Waals surface area contributed by atoms with E-state index in [1.165, 1.54) is 11.4 Å². The highest BCUT2D eigenvalue weighted by Gasteiger charge is 2.25. The number of carbonyl (C=O) groups is 1. The molecular weight excluding hydrogens is 380 g/mol. The maximum absolute atomic E-state index is 12.6. The fraction of sp³-hybridized carbons (Fsp3) is 0.350. The van der Waals surface area contributed by atoms with E-state index in [9.17, 15) is 13.2 Å². The zero-order valence-corrected chi connectivity index (χ0v) is 16.8. The van der Waals surface area contributed by atoms with Gasteiger partial charge in [-0.25, -0.2) is 12.7 Å². The molecule has 1 aliphatic heterocycles. The fourth-order valence-corrected chi connectivity index (χ4v) is 4.74. The normalized spacial score (nSPS) is 14.6. The zero-order chi connectivity index (χ0) is 20.1. The molecule has 0 spiro atoms. The van der Waals surface area contributed by atoms with Crippen LogP contribution in [0.2, 0.25) is 0 Å². The van der Waals surface area contributed by atoms with E-state index in [-0.39, 0.29) is 11.7 Å². The predicted octanol–water partition coefficient (Wildman–Crippen LogP) is 2.88. The molecule has 2 aromatic carbocycles. The summed E-state index contributed by atoms with van der Waals surface area (Å²) in [4.78, 5) is 12.6. The number of hydrogen-bond donors (Lipinski definition) is 1. The molecule has 7 nitrogen and oxygen atoms in total. The van der Waals surface area contributed by atoms with Gasteiger partial charge in [-0.3, -0.25) is 4.79 Å². The van der Waals surface area contributed by atoms with Gasteiger partial charge in [-0.1, -0.05) is 12.1 Å². The lowest BCUT2D eigenvalue weighted by Gasteiger charge is -2.15. The number of carbonyl (C=O) groups excluding carboxylic acids is 1. The van der Waals surface area contributed by atoms with Crippen LogP contribution in [-0.4, -0.2) is 45.9 Å². The topological polar surface area (TPSA) is 84.9 Å². The van der Waals surface area contributed by atoms with Gasteiger partial charge < -0.3 is 14.8 Å². The standard InChI is InChI=1S/C20H24N2O5S/c1-26-17-9-10-19(27-2)18(13-17)21-20(23)16-7-5-15(6-8-16)14-28(24,25)22-11-3-4-12-22/h5-10,13H,3-4,11-12,14H2,1-2H3,(H,21,23). The van der Waals surface area contributed by atoms with Crippen LogP contribution in [0.1, 0.15) is 28.8 Å². The highest BCUT2D eigenvalue weighted by atomic mass is 32.2. The Labute approximate surface area is 165 Å². The molecule has 1 amide bonds. The van der Waals surface area contributed by atoms with Crippen LogP contribution in [0, 0.1) is 0 Å². The number of sulfonamides is 1.